The number of rotatable bonds is 3. The quantitative estimate of drug-likeness (QED) is 0.550. The first-order chi connectivity index (χ1) is 11.6. The molecule has 0 bridgehead atoms. The molecule has 0 saturated heterocycles. The summed E-state index contributed by atoms with van der Waals surface area (Å²) < 4.78 is 14.4. The molecule has 2 aromatic carbocycles. The Bertz CT molecular complexity index is 1090. The molecule has 0 spiro atoms. The van der Waals surface area contributed by atoms with E-state index in [4.69, 9.17) is 0 Å². The maximum atomic E-state index is 13.4. The van der Waals surface area contributed by atoms with Crippen molar-refractivity contribution in [2.75, 3.05) is 5.32 Å². The molecule has 6 heteroatoms. The van der Waals surface area contributed by atoms with Gasteiger partial charge in [-0.2, -0.15) is 0 Å². The summed E-state index contributed by atoms with van der Waals surface area (Å²) in [6, 6.07) is 13.0. The van der Waals surface area contributed by atoms with Crippen LogP contribution in [0.1, 0.15) is 10.4 Å². The molecule has 4 nitrogen and oxygen atoms in total. The molecule has 0 unspecified atom stereocenters. The van der Waals surface area contributed by atoms with Crippen LogP contribution in [-0.4, -0.2) is 16.1 Å². The van der Waals surface area contributed by atoms with Crippen LogP contribution < -0.4 is 5.32 Å². The predicted molar refractivity (Wildman–Crippen MR) is 93.8 cm³/mol. The molecular formula is C18H11FN2O2S. The Morgan fingerprint density at radius 2 is 2.00 bits per heavy atom. The molecule has 118 valence electrons. The summed E-state index contributed by atoms with van der Waals surface area (Å²) in [5.74, 6) is -0.757. The van der Waals surface area contributed by atoms with Crippen LogP contribution >= 0.6 is 11.3 Å². The predicted octanol–water partition coefficient (Wildman–Crippen LogP) is 5.03. The zero-order valence-corrected chi connectivity index (χ0v) is 13.1. The largest absolute Gasteiger partial charge is 0.478 e. The zero-order chi connectivity index (χ0) is 16.7. The van der Waals surface area contributed by atoms with Crippen molar-refractivity contribution in [3.63, 3.8) is 0 Å². The number of nitrogens with one attached hydrogen (secondary N) is 1. The molecule has 2 aromatic heterocycles. The van der Waals surface area contributed by atoms with E-state index in [1.165, 1.54) is 12.1 Å². The summed E-state index contributed by atoms with van der Waals surface area (Å²) in [6.07, 6.45) is 0. The Morgan fingerprint density at radius 1 is 1.12 bits per heavy atom. The monoisotopic (exact) mass is 338 g/mol. The highest BCUT2D eigenvalue weighted by molar-refractivity contribution is 7.18. The van der Waals surface area contributed by atoms with Crippen LogP contribution in [0.2, 0.25) is 0 Å². The molecule has 4 rings (SSSR count). The summed E-state index contributed by atoms with van der Waals surface area (Å²) in [5.41, 5.74) is 1.36. The van der Waals surface area contributed by atoms with Crippen molar-refractivity contribution < 1.29 is 14.3 Å². The lowest BCUT2D eigenvalue weighted by Gasteiger charge is -2.10. The highest BCUT2D eigenvalue weighted by Gasteiger charge is 2.12. The Balaban J connectivity index is 1.92. The number of hydrogen-bond acceptors (Lipinski definition) is 4. The number of carboxylic acid groups (broad SMARTS) is 1. The van der Waals surface area contributed by atoms with Gasteiger partial charge in [0.15, 0.2) is 0 Å². The highest BCUT2D eigenvalue weighted by Crippen LogP contribution is 2.35. The van der Waals surface area contributed by atoms with Gasteiger partial charge in [0, 0.05) is 21.2 Å². The Morgan fingerprint density at radius 3 is 2.79 bits per heavy atom. The van der Waals surface area contributed by atoms with E-state index in [0.29, 0.717) is 17.0 Å². The molecule has 0 fully saturated rings. The minimum absolute atomic E-state index is 0.183. The molecular weight excluding hydrogens is 327 g/mol. The number of fused-ring (bicyclic) bond motifs is 3. The van der Waals surface area contributed by atoms with Gasteiger partial charge in [-0.05, 0) is 41.8 Å². The molecule has 0 amide bonds. The average Bonchev–Trinajstić information content (AvgIpc) is 3.04. The normalized spacial score (nSPS) is 11.0. The number of carboxylic acids is 1. The van der Waals surface area contributed by atoms with E-state index in [9.17, 15) is 14.3 Å². The van der Waals surface area contributed by atoms with E-state index in [-0.39, 0.29) is 11.4 Å². The van der Waals surface area contributed by atoms with Gasteiger partial charge in [0.2, 0.25) is 0 Å². The number of halogens is 1. The molecule has 0 radical (unpaired) electrons. The molecule has 0 saturated carbocycles. The number of thiophene rings is 1. The maximum Gasteiger partial charge on any atom is 0.335 e. The third-order valence-electron chi connectivity index (χ3n) is 3.73. The lowest BCUT2D eigenvalue weighted by atomic mass is 10.1. The van der Waals surface area contributed by atoms with Gasteiger partial charge in [0.1, 0.15) is 11.6 Å². The average molecular weight is 338 g/mol. The summed E-state index contributed by atoms with van der Waals surface area (Å²) in [6.45, 7) is 0. The van der Waals surface area contributed by atoms with Crippen LogP contribution in [0.25, 0.3) is 21.0 Å². The summed E-state index contributed by atoms with van der Waals surface area (Å²) in [5, 5.41) is 16.1. The number of nitrogens with zero attached hydrogens (tertiary/aromatic N) is 1. The van der Waals surface area contributed by atoms with E-state index in [0.717, 1.165) is 15.5 Å². The van der Waals surface area contributed by atoms with Crippen LogP contribution in [0.3, 0.4) is 0 Å². The first kappa shape index (κ1) is 14.6. The second-order valence-corrected chi connectivity index (χ2v) is 6.21. The SMILES string of the molecule is O=C(O)c1ccc2c(c1)nc(Nc1cccc(F)c1)c1ccsc12. The maximum absolute atomic E-state index is 13.4. The van der Waals surface area contributed by atoms with Crippen LogP contribution in [0, 0.1) is 5.82 Å². The fourth-order valence-electron chi connectivity index (χ4n) is 2.63. The number of benzene rings is 2. The van der Waals surface area contributed by atoms with E-state index in [1.54, 1.807) is 41.7 Å². The first-order valence-corrected chi connectivity index (χ1v) is 8.06. The fourth-order valence-corrected chi connectivity index (χ4v) is 3.56. The van der Waals surface area contributed by atoms with Crippen molar-refractivity contribution >= 4 is 49.8 Å². The van der Waals surface area contributed by atoms with Gasteiger partial charge in [-0.25, -0.2) is 14.2 Å². The lowest BCUT2D eigenvalue weighted by Crippen LogP contribution is -1.98. The Kier molecular flexibility index (Phi) is 3.39. The summed E-state index contributed by atoms with van der Waals surface area (Å²) in [7, 11) is 0. The second kappa shape index (κ2) is 5.58. The molecule has 4 aromatic rings. The van der Waals surface area contributed by atoms with Gasteiger partial charge in [0.25, 0.3) is 0 Å². The van der Waals surface area contributed by atoms with E-state index >= 15 is 0 Å². The topological polar surface area (TPSA) is 62.2 Å². The first-order valence-electron chi connectivity index (χ1n) is 7.19. The van der Waals surface area contributed by atoms with E-state index in [1.807, 2.05) is 11.4 Å². The number of anilines is 2. The molecule has 2 heterocycles. The van der Waals surface area contributed by atoms with Crippen molar-refractivity contribution in [1.29, 1.82) is 0 Å². The van der Waals surface area contributed by atoms with Gasteiger partial charge in [-0.15, -0.1) is 11.3 Å². The van der Waals surface area contributed by atoms with Gasteiger partial charge in [-0.1, -0.05) is 12.1 Å². The second-order valence-electron chi connectivity index (χ2n) is 5.30. The Labute approximate surface area is 140 Å². The summed E-state index contributed by atoms with van der Waals surface area (Å²) in [4.78, 5) is 15.7. The smallest absolute Gasteiger partial charge is 0.335 e. The van der Waals surface area contributed by atoms with E-state index in [2.05, 4.69) is 10.3 Å². The van der Waals surface area contributed by atoms with Crippen LogP contribution in [0.4, 0.5) is 15.9 Å². The lowest BCUT2D eigenvalue weighted by molar-refractivity contribution is 0.0697. The van der Waals surface area contributed by atoms with Crippen molar-refractivity contribution in [2.45, 2.75) is 0 Å². The Hall–Kier alpha value is -2.99. The van der Waals surface area contributed by atoms with Crippen LogP contribution in [0.5, 0.6) is 0 Å². The number of carbonyl (C=O) groups is 1. The van der Waals surface area contributed by atoms with Crippen molar-refractivity contribution in [3.8, 4) is 0 Å². The third kappa shape index (κ3) is 2.47. The molecule has 2 N–H and O–H groups in total. The van der Waals surface area contributed by atoms with E-state index < -0.39 is 5.97 Å². The number of aromatic carboxylic acids is 1. The van der Waals surface area contributed by atoms with Gasteiger partial charge < -0.3 is 10.4 Å². The number of aromatic nitrogens is 1. The third-order valence-corrected chi connectivity index (χ3v) is 4.68. The summed E-state index contributed by atoms with van der Waals surface area (Å²) >= 11 is 1.56. The van der Waals surface area contributed by atoms with Gasteiger partial charge in [0.05, 0.1) is 11.1 Å². The minimum atomic E-state index is -0.996. The number of pyridine rings is 1. The molecule has 0 aliphatic rings. The number of hydrogen-bond donors (Lipinski definition) is 2. The highest BCUT2D eigenvalue weighted by atomic mass is 32.1. The molecule has 0 atom stereocenters. The molecule has 0 aliphatic carbocycles. The fraction of sp³-hybridized carbons (Fsp3) is 0. The van der Waals surface area contributed by atoms with Crippen LogP contribution in [-0.2, 0) is 0 Å². The standard InChI is InChI=1S/C18H11FN2O2S/c19-11-2-1-3-12(9-11)20-17-14-6-7-24-16(14)13-5-4-10(18(22)23)8-15(13)21-17/h1-9H,(H,20,21)(H,22,23). The van der Waals surface area contributed by atoms with Crippen molar-refractivity contribution in [1.82, 2.24) is 4.98 Å². The minimum Gasteiger partial charge on any atom is -0.478 e. The zero-order valence-electron chi connectivity index (χ0n) is 12.3. The molecule has 24 heavy (non-hydrogen) atoms. The van der Waals surface area contributed by atoms with Crippen molar-refractivity contribution in [2.24, 2.45) is 0 Å². The molecule has 0 aliphatic heterocycles. The van der Waals surface area contributed by atoms with Gasteiger partial charge >= 0.3 is 5.97 Å². The van der Waals surface area contributed by atoms with Crippen LogP contribution in [0.15, 0.2) is 53.9 Å². The van der Waals surface area contributed by atoms with Gasteiger partial charge in [-0.3, -0.25) is 0 Å². The van der Waals surface area contributed by atoms with Crippen molar-refractivity contribution in [3.05, 3.63) is 65.3 Å².